The summed E-state index contributed by atoms with van der Waals surface area (Å²) in [5.41, 5.74) is 1.61. The lowest BCUT2D eigenvalue weighted by atomic mass is 10.1. The summed E-state index contributed by atoms with van der Waals surface area (Å²) < 4.78 is 28.1. The third-order valence-electron chi connectivity index (χ3n) is 4.80. The Bertz CT molecular complexity index is 1050. The van der Waals surface area contributed by atoms with Crippen LogP contribution in [-0.4, -0.2) is 55.7 Å². The van der Waals surface area contributed by atoms with Crippen molar-refractivity contribution in [2.45, 2.75) is 18.8 Å². The third kappa shape index (κ3) is 3.30. The van der Waals surface area contributed by atoms with Crippen LogP contribution < -0.4 is 0 Å². The van der Waals surface area contributed by atoms with Gasteiger partial charge in [0.15, 0.2) is 5.65 Å². The fraction of sp³-hybridized carbons (Fsp3) is 0.263. The molecule has 28 heavy (non-hydrogen) atoms. The number of hydrogen-bond donors (Lipinski definition) is 1. The van der Waals surface area contributed by atoms with Crippen LogP contribution in [-0.2, 0) is 0 Å². The number of carboxylic acids is 1. The van der Waals surface area contributed by atoms with Crippen molar-refractivity contribution in [2.75, 3.05) is 13.1 Å². The number of hydrogen-bond acceptors (Lipinski definition) is 4. The van der Waals surface area contributed by atoms with E-state index in [-0.39, 0.29) is 37.4 Å². The first-order valence-corrected chi connectivity index (χ1v) is 8.69. The molecular formula is C19H16F2N4O3. The number of halogens is 2. The number of piperidine rings is 1. The zero-order valence-electron chi connectivity index (χ0n) is 14.7. The van der Waals surface area contributed by atoms with E-state index >= 15 is 0 Å². The number of nitrogens with zero attached hydrogens (tertiary/aromatic N) is 4. The van der Waals surface area contributed by atoms with Gasteiger partial charge in [0.2, 0.25) is 0 Å². The highest BCUT2D eigenvalue weighted by Gasteiger charge is 2.35. The summed E-state index contributed by atoms with van der Waals surface area (Å²) in [5, 5.41) is 13.9. The van der Waals surface area contributed by atoms with E-state index in [1.165, 1.54) is 27.9 Å². The van der Waals surface area contributed by atoms with Crippen molar-refractivity contribution in [1.82, 2.24) is 19.7 Å². The maximum absolute atomic E-state index is 13.3. The average Bonchev–Trinajstić information content (AvgIpc) is 3.10. The number of aromatic carboxylic acids is 1. The van der Waals surface area contributed by atoms with Crippen LogP contribution in [0.4, 0.5) is 8.78 Å². The highest BCUT2D eigenvalue weighted by molar-refractivity contribution is 5.97. The lowest BCUT2D eigenvalue weighted by Crippen LogP contribution is -2.42. The average molecular weight is 386 g/mol. The van der Waals surface area contributed by atoms with E-state index in [2.05, 4.69) is 10.1 Å². The Balaban J connectivity index is 1.59. The molecule has 2 aromatic heterocycles. The first-order chi connectivity index (χ1) is 13.3. The fourth-order valence-electron chi connectivity index (χ4n) is 3.19. The molecule has 3 heterocycles. The van der Waals surface area contributed by atoms with Crippen molar-refractivity contribution in [3.63, 3.8) is 0 Å². The Morgan fingerprint density at radius 1 is 1.04 bits per heavy atom. The van der Waals surface area contributed by atoms with Crippen LogP contribution in [0, 0.1) is 0 Å². The molecule has 1 aliphatic rings. The third-order valence-corrected chi connectivity index (χ3v) is 4.80. The minimum Gasteiger partial charge on any atom is -0.478 e. The van der Waals surface area contributed by atoms with E-state index in [0.29, 0.717) is 22.3 Å². The second-order valence-electron chi connectivity index (χ2n) is 6.69. The van der Waals surface area contributed by atoms with E-state index in [0.717, 1.165) is 0 Å². The molecule has 0 saturated carbocycles. The van der Waals surface area contributed by atoms with E-state index in [1.807, 2.05) is 0 Å². The summed E-state index contributed by atoms with van der Waals surface area (Å²) in [4.78, 5) is 29.3. The first kappa shape index (κ1) is 18.0. The van der Waals surface area contributed by atoms with Crippen LogP contribution in [0.25, 0.3) is 16.7 Å². The fourth-order valence-corrected chi connectivity index (χ4v) is 3.19. The molecule has 144 valence electrons. The lowest BCUT2D eigenvalue weighted by molar-refractivity contribution is -0.0494. The van der Waals surface area contributed by atoms with Gasteiger partial charge in [-0.1, -0.05) is 0 Å². The molecule has 0 spiro atoms. The lowest BCUT2D eigenvalue weighted by Gasteiger charge is -2.31. The van der Waals surface area contributed by atoms with Gasteiger partial charge in [0.1, 0.15) is 0 Å². The minimum atomic E-state index is -2.71. The molecule has 0 bridgehead atoms. The second-order valence-corrected chi connectivity index (χ2v) is 6.69. The van der Waals surface area contributed by atoms with E-state index in [9.17, 15) is 18.4 Å². The molecule has 1 saturated heterocycles. The van der Waals surface area contributed by atoms with Gasteiger partial charge in [0.25, 0.3) is 11.8 Å². The van der Waals surface area contributed by atoms with Crippen molar-refractivity contribution in [3.05, 3.63) is 53.9 Å². The highest BCUT2D eigenvalue weighted by Crippen LogP contribution is 2.28. The van der Waals surface area contributed by atoms with Gasteiger partial charge in [-0.05, 0) is 30.3 Å². The number of carbonyl (C=O) groups is 2. The molecule has 4 rings (SSSR count). The van der Waals surface area contributed by atoms with Gasteiger partial charge in [-0.3, -0.25) is 4.79 Å². The SMILES string of the molecule is O=C(O)c1ccc(-n2ncc3cc(C(=O)N4CCC(F)(F)CC4)cnc32)cc1. The Hall–Kier alpha value is -3.36. The zero-order chi connectivity index (χ0) is 19.9. The molecule has 1 amide bonds. The van der Waals surface area contributed by atoms with Gasteiger partial charge < -0.3 is 10.0 Å². The van der Waals surface area contributed by atoms with Gasteiger partial charge >= 0.3 is 5.97 Å². The van der Waals surface area contributed by atoms with Crippen LogP contribution in [0.15, 0.2) is 42.7 Å². The molecule has 1 aromatic carbocycles. The number of likely N-dealkylation sites (tertiary alicyclic amines) is 1. The molecule has 0 atom stereocenters. The second kappa shape index (κ2) is 6.66. The number of amides is 1. The molecule has 1 aliphatic heterocycles. The van der Waals surface area contributed by atoms with Crippen molar-refractivity contribution in [2.24, 2.45) is 0 Å². The topological polar surface area (TPSA) is 88.3 Å². The molecule has 3 aromatic rings. The summed E-state index contributed by atoms with van der Waals surface area (Å²) in [6.07, 6.45) is 2.28. The quantitative estimate of drug-likeness (QED) is 0.748. The smallest absolute Gasteiger partial charge is 0.335 e. The summed E-state index contributed by atoms with van der Waals surface area (Å²) in [7, 11) is 0. The molecule has 1 N–H and O–H groups in total. The summed E-state index contributed by atoms with van der Waals surface area (Å²) in [6, 6.07) is 7.80. The number of carboxylic acid groups (broad SMARTS) is 1. The predicted octanol–water partition coefficient (Wildman–Crippen LogP) is 2.99. The Labute approximate surface area is 158 Å². The van der Waals surface area contributed by atoms with Crippen molar-refractivity contribution in [3.8, 4) is 5.69 Å². The van der Waals surface area contributed by atoms with E-state index in [4.69, 9.17) is 5.11 Å². The summed E-state index contributed by atoms with van der Waals surface area (Å²) in [5.74, 6) is -4.06. The van der Waals surface area contributed by atoms with Gasteiger partial charge in [-0.2, -0.15) is 5.10 Å². The predicted molar refractivity (Wildman–Crippen MR) is 95.9 cm³/mol. The number of carbonyl (C=O) groups excluding carboxylic acids is 1. The number of benzene rings is 1. The van der Waals surface area contributed by atoms with Gasteiger partial charge in [-0.25, -0.2) is 23.2 Å². The molecule has 9 heteroatoms. The van der Waals surface area contributed by atoms with Gasteiger partial charge in [0, 0.05) is 37.5 Å². The number of alkyl halides is 2. The molecule has 7 nitrogen and oxygen atoms in total. The molecule has 0 unspecified atom stereocenters. The Morgan fingerprint density at radius 2 is 1.71 bits per heavy atom. The van der Waals surface area contributed by atoms with Crippen LogP contribution in [0.5, 0.6) is 0 Å². The number of rotatable bonds is 3. The van der Waals surface area contributed by atoms with Crippen molar-refractivity contribution >= 4 is 22.9 Å². The van der Waals surface area contributed by atoms with Gasteiger partial charge in [-0.15, -0.1) is 0 Å². The maximum Gasteiger partial charge on any atom is 0.335 e. The summed E-state index contributed by atoms with van der Waals surface area (Å²) in [6.45, 7) is 0.0259. The van der Waals surface area contributed by atoms with E-state index in [1.54, 1.807) is 24.4 Å². The monoisotopic (exact) mass is 386 g/mol. The number of aromatic nitrogens is 3. The zero-order valence-corrected chi connectivity index (χ0v) is 14.7. The van der Waals surface area contributed by atoms with Gasteiger partial charge in [0.05, 0.1) is 23.0 Å². The Morgan fingerprint density at radius 3 is 2.36 bits per heavy atom. The largest absolute Gasteiger partial charge is 0.478 e. The van der Waals surface area contributed by atoms with Crippen molar-refractivity contribution < 1.29 is 23.5 Å². The van der Waals surface area contributed by atoms with Crippen LogP contribution >= 0.6 is 0 Å². The maximum atomic E-state index is 13.3. The number of fused-ring (bicyclic) bond motifs is 1. The summed E-state index contributed by atoms with van der Waals surface area (Å²) >= 11 is 0. The number of pyridine rings is 1. The molecule has 0 radical (unpaired) electrons. The van der Waals surface area contributed by atoms with Crippen LogP contribution in [0.1, 0.15) is 33.6 Å². The Kier molecular flexibility index (Phi) is 4.29. The van der Waals surface area contributed by atoms with Crippen LogP contribution in [0.2, 0.25) is 0 Å². The highest BCUT2D eigenvalue weighted by atomic mass is 19.3. The van der Waals surface area contributed by atoms with Crippen LogP contribution in [0.3, 0.4) is 0 Å². The van der Waals surface area contributed by atoms with E-state index < -0.39 is 11.9 Å². The van der Waals surface area contributed by atoms with Crippen molar-refractivity contribution in [1.29, 1.82) is 0 Å². The molecule has 1 fully saturated rings. The standard InChI is InChI=1S/C19H16F2N4O3/c20-19(21)5-7-24(8-6-19)17(26)14-9-13-11-23-25(16(13)22-10-14)15-3-1-12(2-4-15)18(27)28/h1-4,9-11H,5-8H2,(H,27,28). The molecule has 0 aliphatic carbocycles. The molecular weight excluding hydrogens is 370 g/mol. The minimum absolute atomic E-state index is 0.0130. The first-order valence-electron chi connectivity index (χ1n) is 8.69. The normalized spacial score (nSPS) is 16.3.